The van der Waals surface area contributed by atoms with E-state index in [4.69, 9.17) is 4.74 Å². The first-order valence-corrected chi connectivity index (χ1v) is 8.35. The lowest BCUT2D eigenvalue weighted by Gasteiger charge is -2.34. The summed E-state index contributed by atoms with van der Waals surface area (Å²) in [5, 5.41) is 3.80. The third-order valence-electron chi connectivity index (χ3n) is 5.27. The number of nitrogens with zero attached hydrogens (tertiary/aromatic N) is 1. The van der Waals surface area contributed by atoms with E-state index in [1.807, 2.05) is 0 Å². The van der Waals surface area contributed by atoms with Crippen molar-refractivity contribution in [3.8, 4) is 0 Å². The molecular formula is C16H30N2O. The lowest BCUT2D eigenvalue weighted by Crippen LogP contribution is -2.51. The van der Waals surface area contributed by atoms with Crippen LogP contribution in [0, 0.1) is 5.92 Å². The Hall–Kier alpha value is -0.120. The smallest absolute Gasteiger partial charge is 0.0597 e. The molecule has 3 heteroatoms. The van der Waals surface area contributed by atoms with Crippen molar-refractivity contribution >= 4 is 0 Å². The molecule has 0 aromatic heterocycles. The van der Waals surface area contributed by atoms with Crippen molar-refractivity contribution in [1.29, 1.82) is 0 Å². The fraction of sp³-hybridized carbons (Fsp3) is 1.00. The maximum absolute atomic E-state index is 6.03. The highest BCUT2D eigenvalue weighted by Crippen LogP contribution is 2.40. The highest BCUT2D eigenvalue weighted by molar-refractivity contribution is 5.00. The Morgan fingerprint density at radius 2 is 1.95 bits per heavy atom. The molecule has 3 fully saturated rings. The summed E-state index contributed by atoms with van der Waals surface area (Å²) in [6.07, 6.45) is 10.0. The van der Waals surface area contributed by atoms with Crippen LogP contribution in [0.1, 0.15) is 51.9 Å². The minimum atomic E-state index is 0.365. The van der Waals surface area contributed by atoms with Crippen molar-refractivity contribution in [2.75, 3.05) is 32.8 Å². The molecule has 0 aromatic rings. The van der Waals surface area contributed by atoms with E-state index in [2.05, 4.69) is 17.1 Å². The van der Waals surface area contributed by atoms with Gasteiger partial charge in [-0.2, -0.15) is 0 Å². The largest absolute Gasteiger partial charge is 0.377 e. The van der Waals surface area contributed by atoms with E-state index in [1.54, 1.807) is 0 Å². The Morgan fingerprint density at radius 1 is 1.16 bits per heavy atom. The van der Waals surface area contributed by atoms with E-state index in [9.17, 15) is 0 Å². The van der Waals surface area contributed by atoms with Crippen LogP contribution in [0.15, 0.2) is 0 Å². The predicted molar refractivity (Wildman–Crippen MR) is 78.4 cm³/mol. The van der Waals surface area contributed by atoms with Crippen molar-refractivity contribution in [2.45, 2.75) is 63.5 Å². The summed E-state index contributed by atoms with van der Waals surface area (Å²) in [6, 6.07) is 0. The van der Waals surface area contributed by atoms with Crippen LogP contribution >= 0.6 is 0 Å². The van der Waals surface area contributed by atoms with Gasteiger partial charge in [-0.05, 0) is 58.0 Å². The van der Waals surface area contributed by atoms with Crippen molar-refractivity contribution < 1.29 is 4.74 Å². The zero-order chi connectivity index (χ0) is 13.1. The van der Waals surface area contributed by atoms with E-state index in [0.29, 0.717) is 11.6 Å². The second kappa shape index (κ2) is 6.11. The third kappa shape index (κ3) is 3.71. The summed E-state index contributed by atoms with van der Waals surface area (Å²) in [5.74, 6) is 0.920. The van der Waals surface area contributed by atoms with E-state index in [-0.39, 0.29) is 0 Å². The molecular weight excluding hydrogens is 236 g/mol. The van der Waals surface area contributed by atoms with Gasteiger partial charge in [-0.3, -0.25) is 4.90 Å². The number of ether oxygens (including phenoxy) is 1. The monoisotopic (exact) mass is 266 g/mol. The van der Waals surface area contributed by atoms with E-state index >= 15 is 0 Å². The molecule has 0 bridgehead atoms. The number of hydrogen-bond acceptors (Lipinski definition) is 3. The standard InChI is InChI=1S/C16H30N2O/c1-16(14-7-8-14)13-18(10-4-9-17-16)11-12-19-15-5-2-3-6-15/h14-15,17H,2-13H2,1H3. The predicted octanol–water partition coefficient (Wildman–Crippen LogP) is 2.41. The van der Waals surface area contributed by atoms with Crippen LogP contribution in [0.25, 0.3) is 0 Å². The lowest BCUT2D eigenvalue weighted by molar-refractivity contribution is 0.0384. The van der Waals surface area contributed by atoms with Crippen LogP contribution in [0.2, 0.25) is 0 Å². The lowest BCUT2D eigenvalue weighted by atomic mass is 9.95. The minimum absolute atomic E-state index is 0.365. The molecule has 0 aromatic carbocycles. The van der Waals surface area contributed by atoms with Gasteiger partial charge in [-0.15, -0.1) is 0 Å². The topological polar surface area (TPSA) is 24.5 Å². The second-order valence-corrected chi connectivity index (χ2v) is 7.03. The molecule has 0 radical (unpaired) electrons. The molecule has 1 aliphatic heterocycles. The Kier molecular flexibility index (Phi) is 4.45. The Morgan fingerprint density at radius 3 is 2.68 bits per heavy atom. The molecule has 3 rings (SSSR count). The van der Waals surface area contributed by atoms with Gasteiger partial charge in [0, 0.05) is 18.6 Å². The van der Waals surface area contributed by atoms with Crippen molar-refractivity contribution in [2.24, 2.45) is 5.92 Å². The van der Waals surface area contributed by atoms with Crippen molar-refractivity contribution in [1.82, 2.24) is 10.2 Å². The van der Waals surface area contributed by atoms with Gasteiger partial charge in [-0.1, -0.05) is 12.8 Å². The molecule has 1 unspecified atom stereocenters. The Balaban J connectivity index is 1.43. The van der Waals surface area contributed by atoms with E-state index < -0.39 is 0 Å². The third-order valence-corrected chi connectivity index (χ3v) is 5.27. The molecule has 1 saturated heterocycles. The molecule has 1 heterocycles. The minimum Gasteiger partial charge on any atom is -0.377 e. The Bertz CT molecular complexity index is 286. The van der Waals surface area contributed by atoms with Crippen LogP contribution in [0.4, 0.5) is 0 Å². The van der Waals surface area contributed by atoms with Gasteiger partial charge >= 0.3 is 0 Å². The van der Waals surface area contributed by atoms with Crippen LogP contribution in [0.3, 0.4) is 0 Å². The van der Waals surface area contributed by atoms with Gasteiger partial charge in [0.05, 0.1) is 12.7 Å². The molecule has 3 nitrogen and oxygen atoms in total. The van der Waals surface area contributed by atoms with Gasteiger partial charge < -0.3 is 10.1 Å². The fourth-order valence-corrected chi connectivity index (χ4v) is 3.86. The van der Waals surface area contributed by atoms with Crippen molar-refractivity contribution in [3.63, 3.8) is 0 Å². The van der Waals surface area contributed by atoms with Gasteiger partial charge in [0.15, 0.2) is 0 Å². The quantitative estimate of drug-likeness (QED) is 0.827. The normalized spacial score (nSPS) is 34.6. The molecule has 2 saturated carbocycles. The van der Waals surface area contributed by atoms with Gasteiger partial charge in [-0.25, -0.2) is 0 Å². The first kappa shape index (κ1) is 13.8. The van der Waals surface area contributed by atoms with Crippen LogP contribution in [0.5, 0.6) is 0 Å². The van der Waals surface area contributed by atoms with E-state index in [0.717, 1.165) is 19.1 Å². The van der Waals surface area contributed by atoms with E-state index in [1.165, 1.54) is 64.6 Å². The summed E-state index contributed by atoms with van der Waals surface area (Å²) in [7, 11) is 0. The summed E-state index contributed by atoms with van der Waals surface area (Å²) < 4.78 is 6.03. The highest BCUT2D eigenvalue weighted by Gasteiger charge is 2.42. The van der Waals surface area contributed by atoms with Gasteiger partial charge in [0.2, 0.25) is 0 Å². The van der Waals surface area contributed by atoms with Crippen LogP contribution in [-0.2, 0) is 4.74 Å². The van der Waals surface area contributed by atoms with Crippen LogP contribution < -0.4 is 5.32 Å². The zero-order valence-electron chi connectivity index (χ0n) is 12.5. The maximum Gasteiger partial charge on any atom is 0.0597 e. The molecule has 3 aliphatic rings. The molecule has 0 amide bonds. The van der Waals surface area contributed by atoms with Gasteiger partial charge in [0.25, 0.3) is 0 Å². The number of hydrogen-bond donors (Lipinski definition) is 1. The number of rotatable bonds is 5. The molecule has 1 N–H and O–H groups in total. The fourth-order valence-electron chi connectivity index (χ4n) is 3.86. The zero-order valence-corrected chi connectivity index (χ0v) is 12.5. The van der Waals surface area contributed by atoms with Gasteiger partial charge in [0.1, 0.15) is 0 Å². The average molecular weight is 266 g/mol. The first-order chi connectivity index (χ1) is 9.26. The molecule has 0 spiro atoms. The summed E-state index contributed by atoms with van der Waals surface area (Å²) >= 11 is 0. The summed E-state index contributed by atoms with van der Waals surface area (Å²) in [6.45, 7) is 8.13. The highest BCUT2D eigenvalue weighted by atomic mass is 16.5. The first-order valence-electron chi connectivity index (χ1n) is 8.35. The molecule has 110 valence electrons. The van der Waals surface area contributed by atoms with Crippen molar-refractivity contribution in [3.05, 3.63) is 0 Å². The number of nitrogens with one attached hydrogen (secondary N) is 1. The molecule has 1 atom stereocenters. The second-order valence-electron chi connectivity index (χ2n) is 7.03. The molecule has 19 heavy (non-hydrogen) atoms. The average Bonchev–Trinajstić information content (AvgIpc) is 3.16. The summed E-state index contributed by atoms with van der Waals surface area (Å²) in [4.78, 5) is 2.63. The Labute approximate surface area is 118 Å². The van der Waals surface area contributed by atoms with Crippen LogP contribution in [-0.4, -0.2) is 49.3 Å². The molecule has 2 aliphatic carbocycles. The SMILES string of the molecule is CC1(C2CC2)CN(CCOC2CCCC2)CCCN1. The maximum atomic E-state index is 6.03. The summed E-state index contributed by atoms with van der Waals surface area (Å²) in [5.41, 5.74) is 0.365.